The fraction of sp³-hybridized carbons (Fsp3) is 0.600. The first kappa shape index (κ1) is 8.31. The van der Waals surface area contributed by atoms with Gasteiger partial charge in [-0.1, -0.05) is 0 Å². The van der Waals surface area contributed by atoms with E-state index in [0.29, 0.717) is 0 Å². The molecule has 3 nitrogen and oxygen atoms in total. The molecule has 1 saturated carbocycles. The van der Waals surface area contributed by atoms with E-state index in [0.717, 1.165) is 36.5 Å². The molecule has 0 aliphatic heterocycles. The lowest BCUT2D eigenvalue weighted by Crippen LogP contribution is -2.33. The average molecular weight is 175 g/mol. The van der Waals surface area contributed by atoms with Gasteiger partial charge in [-0.3, -0.25) is 0 Å². The van der Waals surface area contributed by atoms with Gasteiger partial charge in [0.05, 0.1) is 11.8 Å². The summed E-state index contributed by atoms with van der Waals surface area (Å²) in [4.78, 5) is 7.60. The fourth-order valence-electron chi connectivity index (χ4n) is 1.71. The lowest BCUT2D eigenvalue weighted by Gasteiger charge is -2.32. The first-order chi connectivity index (χ1) is 6.18. The largest absolute Gasteiger partial charge is 0.345 e. The molecular weight excluding hydrogens is 162 g/mol. The normalized spacial score (nSPS) is 19.2. The van der Waals surface area contributed by atoms with E-state index in [9.17, 15) is 0 Å². The molecule has 0 radical (unpaired) electrons. The van der Waals surface area contributed by atoms with E-state index in [1.165, 1.54) is 0 Å². The number of H-pyrrole nitrogens is 1. The highest BCUT2D eigenvalue weighted by Crippen LogP contribution is 2.41. The van der Waals surface area contributed by atoms with Crippen molar-refractivity contribution in [3.8, 4) is 6.07 Å². The number of nitrogens with zero attached hydrogens (tertiary/aromatic N) is 2. The summed E-state index contributed by atoms with van der Waals surface area (Å²) < 4.78 is 0. The number of aromatic amines is 1. The summed E-state index contributed by atoms with van der Waals surface area (Å²) in [5.41, 5.74) is 1.80. The molecule has 1 aliphatic rings. The molecule has 0 unspecified atom stereocenters. The number of nitriles is 1. The maximum atomic E-state index is 9.08. The van der Waals surface area contributed by atoms with Gasteiger partial charge in [-0.25, -0.2) is 4.98 Å². The zero-order valence-corrected chi connectivity index (χ0v) is 8.02. The number of aryl methyl sites for hydroxylation is 2. The number of rotatable bonds is 1. The quantitative estimate of drug-likeness (QED) is 0.709. The van der Waals surface area contributed by atoms with Gasteiger partial charge in [0, 0.05) is 5.69 Å². The van der Waals surface area contributed by atoms with Gasteiger partial charge in [0.2, 0.25) is 0 Å². The van der Waals surface area contributed by atoms with Crippen molar-refractivity contribution in [1.29, 1.82) is 5.26 Å². The van der Waals surface area contributed by atoms with Crippen LogP contribution in [-0.4, -0.2) is 9.97 Å². The minimum absolute atomic E-state index is 0.293. The molecule has 0 amide bonds. The first-order valence-electron chi connectivity index (χ1n) is 4.63. The molecule has 1 N–H and O–H groups in total. The smallest absolute Gasteiger partial charge is 0.127 e. The van der Waals surface area contributed by atoms with Crippen LogP contribution in [0.1, 0.15) is 36.5 Å². The van der Waals surface area contributed by atoms with E-state index < -0.39 is 0 Å². The van der Waals surface area contributed by atoms with Crippen LogP contribution in [0.3, 0.4) is 0 Å². The van der Waals surface area contributed by atoms with Crippen molar-refractivity contribution in [2.45, 2.75) is 38.5 Å². The number of nitrogens with one attached hydrogen (secondary N) is 1. The Balaban J connectivity index is 2.40. The van der Waals surface area contributed by atoms with Crippen molar-refractivity contribution < 1.29 is 0 Å². The highest BCUT2D eigenvalue weighted by Gasteiger charge is 2.41. The van der Waals surface area contributed by atoms with Gasteiger partial charge in [0.1, 0.15) is 11.2 Å². The van der Waals surface area contributed by atoms with Crippen LogP contribution < -0.4 is 0 Å². The van der Waals surface area contributed by atoms with Gasteiger partial charge < -0.3 is 4.98 Å². The van der Waals surface area contributed by atoms with Crippen LogP contribution in [0.5, 0.6) is 0 Å². The minimum Gasteiger partial charge on any atom is -0.345 e. The Morgan fingerprint density at radius 3 is 2.46 bits per heavy atom. The van der Waals surface area contributed by atoms with Crippen molar-refractivity contribution in [2.24, 2.45) is 0 Å². The summed E-state index contributed by atoms with van der Waals surface area (Å²) in [6.45, 7) is 3.97. The third kappa shape index (κ3) is 1.06. The van der Waals surface area contributed by atoms with Crippen molar-refractivity contribution in [3.63, 3.8) is 0 Å². The van der Waals surface area contributed by atoms with Crippen LogP contribution in [0.4, 0.5) is 0 Å². The number of imidazole rings is 1. The molecule has 0 atom stereocenters. The molecule has 13 heavy (non-hydrogen) atoms. The van der Waals surface area contributed by atoms with Crippen LogP contribution in [0.2, 0.25) is 0 Å². The summed E-state index contributed by atoms with van der Waals surface area (Å²) in [5.74, 6) is 0.872. The molecule has 1 aromatic rings. The Kier molecular flexibility index (Phi) is 1.66. The Labute approximate surface area is 77.8 Å². The van der Waals surface area contributed by atoms with Crippen LogP contribution in [0, 0.1) is 25.2 Å². The SMILES string of the molecule is Cc1nc(C2(C#N)CCC2)[nH]c1C. The van der Waals surface area contributed by atoms with E-state index in [-0.39, 0.29) is 5.41 Å². The van der Waals surface area contributed by atoms with E-state index in [4.69, 9.17) is 5.26 Å². The summed E-state index contributed by atoms with van der Waals surface area (Å²) in [6.07, 6.45) is 3.05. The van der Waals surface area contributed by atoms with Crippen LogP contribution >= 0.6 is 0 Å². The van der Waals surface area contributed by atoms with E-state index >= 15 is 0 Å². The zero-order valence-electron chi connectivity index (χ0n) is 8.02. The van der Waals surface area contributed by atoms with E-state index in [1.807, 2.05) is 13.8 Å². The maximum absolute atomic E-state index is 9.08. The Morgan fingerprint density at radius 1 is 1.46 bits per heavy atom. The lowest BCUT2D eigenvalue weighted by atomic mass is 9.69. The molecule has 1 fully saturated rings. The van der Waals surface area contributed by atoms with Crippen molar-refractivity contribution >= 4 is 0 Å². The van der Waals surface area contributed by atoms with Crippen LogP contribution in [0.15, 0.2) is 0 Å². The Bertz CT molecular complexity index is 347. The van der Waals surface area contributed by atoms with Crippen molar-refractivity contribution in [2.75, 3.05) is 0 Å². The molecule has 1 aliphatic carbocycles. The number of hydrogen-bond donors (Lipinski definition) is 1. The summed E-state index contributed by atoms with van der Waals surface area (Å²) in [7, 11) is 0. The van der Waals surface area contributed by atoms with E-state index in [2.05, 4.69) is 16.0 Å². The number of hydrogen-bond acceptors (Lipinski definition) is 2. The second kappa shape index (κ2) is 2.59. The van der Waals surface area contributed by atoms with Gasteiger partial charge >= 0.3 is 0 Å². The van der Waals surface area contributed by atoms with Gasteiger partial charge in [-0.2, -0.15) is 5.26 Å². The summed E-state index contributed by atoms with van der Waals surface area (Å²) >= 11 is 0. The van der Waals surface area contributed by atoms with Gasteiger partial charge in [0.25, 0.3) is 0 Å². The minimum atomic E-state index is -0.293. The van der Waals surface area contributed by atoms with Gasteiger partial charge in [-0.05, 0) is 33.1 Å². The monoisotopic (exact) mass is 175 g/mol. The maximum Gasteiger partial charge on any atom is 0.127 e. The predicted molar refractivity (Wildman–Crippen MR) is 49.2 cm³/mol. The average Bonchev–Trinajstić information content (AvgIpc) is 2.31. The Hall–Kier alpha value is -1.30. The highest BCUT2D eigenvalue weighted by molar-refractivity contribution is 5.28. The fourth-order valence-corrected chi connectivity index (χ4v) is 1.71. The zero-order chi connectivity index (χ0) is 9.47. The molecule has 0 spiro atoms. The molecule has 3 heteroatoms. The molecule has 2 rings (SSSR count). The van der Waals surface area contributed by atoms with E-state index in [1.54, 1.807) is 0 Å². The molecule has 0 saturated heterocycles. The molecule has 1 aromatic heterocycles. The standard InChI is InChI=1S/C10H13N3/c1-7-8(2)13-9(12-7)10(6-11)4-3-5-10/h3-5H2,1-2H3,(H,12,13). The Morgan fingerprint density at radius 2 is 2.15 bits per heavy atom. The van der Waals surface area contributed by atoms with Gasteiger partial charge in [0.15, 0.2) is 0 Å². The second-order valence-corrected chi connectivity index (χ2v) is 3.84. The lowest BCUT2D eigenvalue weighted by molar-refractivity contribution is 0.309. The molecule has 1 heterocycles. The molecular formula is C10H13N3. The summed E-state index contributed by atoms with van der Waals surface area (Å²) in [5, 5.41) is 9.08. The predicted octanol–water partition coefficient (Wildman–Crippen LogP) is 1.97. The molecule has 68 valence electrons. The van der Waals surface area contributed by atoms with Crippen LogP contribution in [0.25, 0.3) is 0 Å². The third-order valence-corrected chi connectivity index (χ3v) is 3.00. The molecule has 0 bridgehead atoms. The molecule has 0 aromatic carbocycles. The second-order valence-electron chi connectivity index (χ2n) is 3.84. The topological polar surface area (TPSA) is 52.5 Å². The summed E-state index contributed by atoms with van der Waals surface area (Å²) in [6, 6.07) is 2.38. The third-order valence-electron chi connectivity index (χ3n) is 3.00. The van der Waals surface area contributed by atoms with Gasteiger partial charge in [-0.15, -0.1) is 0 Å². The van der Waals surface area contributed by atoms with Crippen LogP contribution in [-0.2, 0) is 5.41 Å². The highest BCUT2D eigenvalue weighted by atomic mass is 15.0. The number of aromatic nitrogens is 2. The van der Waals surface area contributed by atoms with Crippen molar-refractivity contribution in [1.82, 2.24) is 9.97 Å². The van der Waals surface area contributed by atoms with Crippen molar-refractivity contribution in [3.05, 3.63) is 17.2 Å². The first-order valence-corrected chi connectivity index (χ1v) is 4.63.